The predicted molar refractivity (Wildman–Crippen MR) is 90.6 cm³/mol. The standard InChI is InChI=1S/12CHN.ClH.2Fe.3K.3H/c12*1-2;;;;;;;;;/h12*1H;1H;;;;;;;;/q;;;;;;;;;;;;;;;3*+1;3*-1. The van der Waals surface area contributed by atoms with Gasteiger partial charge >= 0.3 is 154 Å². The van der Waals surface area contributed by atoms with Crippen molar-refractivity contribution >= 4 is 12.4 Å². The van der Waals surface area contributed by atoms with E-state index in [4.69, 9.17) is 63.1 Å². The monoisotopic (exact) mass is 592 g/mol. The van der Waals surface area contributed by atoms with Gasteiger partial charge in [0, 0.05) is 113 Å². The second kappa shape index (κ2) is 1650000. The fourth-order valence-electron chi connectivity index (χ4n) is 0. The molecular formula is C12H16ClFe2K3N12. The molecule has 0 fully saturated rings. The van der Waals surface area contributed by atoms with Crippen LogP contribution < -0.4 is 154 Å². The molecule has 0 N–H and O–H groups in total. The van der Waals surface area contributed by atoms with Crippen molar-refractivity contribution in [2.75, 3.05) is 0 Å². The van der Waals surface area contributed by atoms with E-state index in [0.717, 1.165) is 0 Å². The fraction of sp³-hybridized carbons (Fsp3) is 0. The van der Waals surface area contributed by atoms with Crippen molar-refractivity contribution in [2.24, 2.45) is 0 Å². The van der Waals surface area contributed by atoms with Crippen LogP contribution in [-0.4, -0.2) is 0 Å². The van der Waals surface area contributed by atoms with Crippen molar-refractivity contribution in [3.63, 3.8) is 0 Å². The summed E-state index contributed by atoms with van der Waals surface area (Å²) in [6.07, 6.45) is 0. The summed E-state index contributed by atoms with van der Waals surface area (Å²) in [6, 6.07) is 0. The number of halogens is 1. The third-order valence-electron chi connectivity index (χ3n) is 0. The van der Waals surface area contributed by atoms with Gasteiger partial charge in [0.05, 0.1) is 0 Å². The van der Waals surface area contributed by atoms with E-state index < -0.39 is 0 Å². The summed E-state index contributed by atoms with van der Waals surface area (Å²) in [4.78, 5) is 0. The van der Waals surface area contributed by atoms with Gasteiger partial charge < -0.3 is 4.28 Å². The molecule has 0 spiro atoms. The number of nitrogens with zero attached hydrogens (tertiary/aromatic N) is 12. The molecule has 0 saturated heterocycles. The van der Waals surface area contributed by atoms with Crippen LogP contribution in [0.15, 0.2) is 0 Å². The molecule has 0 radical (unpaired) electrons. The Kier molecular flexibility index (Phi) is 9580000. The van der Waals surface area contributed by atoms with Crippen molar-refractivity contribution < 1.29 is 193 Å². The van der Waals surface area contributed by atoms with Gasteiger partial charge in [0.1, 0.15) is 0 Å². The molecule has 0 heterocycles. The number of nitriles is 12. The van der Waals surface area contributed by atoms with Crippen LogP contribution >= 0.6 is 12.4 Å². The maximum atomic E-state index is 6.50. The van der Waals surface area contributed by atoms with E-state index in [1.807, 2.05) is 0 Å². The number of rotatable bonds is 0. The zero-order chi connectivity index (χ0) is 24.0. The molecule has 12 nitrogen and oxygen atoms in total. The van der Waals surface area contributed by atoms with E-state index in [9.17, 15) is 0 Å². The van der Waals surface area contributed by atoms with E-state index >= 15 is 0 Å². The summed E-state index contributed by atoms with van der Waals surface area (Å²) < 4.78 is 0. The molecule has 18 heteroatoms. The molecule has 0 rings (SSSR count). The zero-order valence-corrected chi connectivity index (χ0v) is 28.8. The van der Waals surface area contributed by atoms with Crippen LogP contribution in [0.4, 0.5) is 0 Å². The molecule has 0 aliphatic rings. The molecule has 0 aromatic carbocycles. The summed E-state index contributed by atoms with van der Waals surface area (Å²) >= 11 is 0. The van der Waals surface area contributed by atoms with Crippen molar-refractivity contribution in [1.82, 2.24) is 0 Å². The first-order valence-electron chi connectivity index (χ1n) is 3.10. The molecule has 150 valence electrons. The van der Waals surface area contributed by atoms with Crippen molar-refractivity contribution in [3.05, 3.63) is 0 Å². The molecule has 0 unspecified atom stereocenters. The molecular weight excluding hydrogens is 577 g/mol. The van der Waals surface area contributed by atoms with Crippen molar-refractivity contribution in [3.8, 4) is 78.9 Å². The Morgan fingerprint density at radius 2 is 0.233 bits per heavy atom. The van der Waals surface area contributed by atoms with Gasteiger partial charge in [0.15, 0.2) is 0 Å². The van der Waals surface area contributed by atoms with Gasteiger partial charge in [-0.2, -0.15) is 0 Å². The van der Waals surface area contributed by atoms with Crippen LogP contribution in [0.5, 0.6) is 0 Å². The van der Waals surface area contributed by atoms with Gasteiger partial charge in [0.25, 0.3) is 0 Å². The van der Waals surface area contributed by atoms with Crippen molar-refractivity contribution in [1.29, 1.82) is 63.1 Å². The Balaban J connectivity index is -0.00000000244. The average Bonchev–Trinajstić information content (AvgIpc) is 2.84. The maximum Gasteiger partial charge on any atom is 1.00 e. The van der Waals surface area contributed by atoms with Crippen LogP contribution in [0, 0.1) is 142 Å². The van der Waals surface area contributed by atoms with Crippen LogP contribution in [0.1, 0.15) is 4.28 Å². The maximum absolute atomic E-state index is 6.50. The first-order valence-corrected chi connectivity index (χ1v) is 3.10. The third-order valence-corrected chi connectivity index (χ3v) is 0. The molecule has 0 amide bonds. The summed E-state index contributed by atoms with van der Waals surface area (Å²) in [5, 5.41) is 78.0. The van der Waals surface area contributed by atoms with Gasteiger partial charge in [-0.1, -0.05) is 0 Å². The minimum Gasteiger partial charge on any atom is -1.00 e. The van der Waals surface area contributed by atoms with E-state index in [1.54, 1.807) is 0 Å². The SMILES string of the molecule is C#N.C#N.C#N.C#N.C#N.C#N.C#N.C#N.C#N.C#N.C#N.C#N.Cl.[Fe].[Fe].[H-].[H-].[H-].[K+].[K+].[K+]. The molecule has 0 aliphatic heterocycles. The van der Waals surface area contributed by atoms with Gasteiger partial charge in [-0.15, -0.1) is 12.4 Å². The molecule has 0 aromatic heterocycles. The summed E-state index contributed by atoms with van der Waals surface area (Å²) in [5.74, 6) is 0. The van der Waals surface area contributed by atoms with E-state index in [2.05, 4.69) is 78.9 Å². The fourth-order valence-corrected chi connectivity index (χ4v) is 0. The molecule has 0 atom stereocenters. The first-order chi connectivity index (χ1) is 12.0. The zero-order valence-electron chi connectivity index (χ0n) is 19.4. The molecule has 0 saturated carbocycles. The second-order valence-corrected chi connectivity index (χ2v) is 0. The Hall–Kier alpha value is 0.118. The number of hydrogen-bond acceptors (Lipinski definition) is 12. The summed E-state index contributed by atoms with van der Waals surface area (Å²) in [5.41, 5.74) is 0. The molecule has 0 bridgehead atoms. The molecule has 0 aromatic rings. The quantitative estimate of drug-likeness (QED) is 0.237. The van der Waals surface area contributed by atoms with Gasteiger partial charge in [-0.3, -0.25) is 0 Å². The third kappa shape index (κ3) is 1480000. The van der Waals surface area contributed by atoms with Crippen LogP contribution in [0.2, 0.25) is 0 Å². The number of hydrogen-bond donors (Lipinski definition) is 0. The smallest absolute Gasteiger partial charge is 1.00 e. The average molecular weight is 593 g/mol. The first kappa shape index (κ1) is 174. The topological polar surface area (TPSA) is 285 Å². The summed E-state index contributed by atoms with van der Waals surface area (Å²) in [6.45, 7) is 42.0. The molecule has 0 aliphatic carbocycles. The van der Waals surface area contributed by atoms with Gasteiger partial charge in [0.2, 0.25) is 0 Å². The second-order valence-electron chi connectivity index (χ2n) is 0. The summed E-state index contributed by atoms with van der Waals surface area (Å²) in [7, 11) is 0. The largest absolute Gasteiger partial charge is 1.00 e. The van der Waals surface area contributed by atoms with Gasteiger partial charge in [-0.05, 0) is 0 Å². The minimum atomic E-state index is 0. The van der Waals surface area contributed by atoms with Crippen LogP contribution in [0.3, 0.4) is 0 Å². The van der Waals surface area contributed by atoms with Gasteiger partial charge in [-0.25, -0.2) is 63.1 Å². The normalized spacial score (nSPS) is 0.800. The minimum absolute atomic E-state index is 0. The van der Waals surface area contributed by atoms with E-state index in [0.29, 0.717) is 0 Å². The van der Waals surface area contributed by atoms with E-state index in [1.165, 1.54) is 0 Å². The van der Waals surface area contributed by atoms with Crippen molar-refractivity contribution in [2.45, 2.75) is 0 Å². The Labute approximate surface area is 339 Å². The Morgan fingerprint density at radius 3 is 0.233 bits per heavy atom. The molecule has 30 heavy (non-hydrogen) atoms. The van der Waals surface area contributed by atoms with Crippen LogP contribution in [0.25, 0.3) is 0 Å². The Morgan fingerprint density at radius 1 is 0.233 bits per heavy atom. The van der Waals surface area contributed by atoms with Crippen LogP contribution in [-0.2, 0) is 34.1 Å². The van der Waals surface area contributed by atoms with E-state index in [-0.39, 0.29) is 205 Å². The Bertz CT molecular complexity index is 255. The predicted octanol–water partition coefficient (Wildman–Crippen LogP) is -6.56.